The summed E-state index contributed by atoms with van der Waals surface area (Å²) in [4.78, 5) is 30.3. The van der Waals surface area contributed by atoms with Crippen LogP contribution < -0.4 is 5.56 Å². The van der Waals surface area contributed by atoms with E-state index in [0.29, 0.717) is 45.8 Å². The molecule has 0 spiro atoms. The number of aromatic nitrogens is 4. The SMILES string of the molecule is COC1CCN(C(=O)c2cc(-n3cc(-c4cc5cc(F)ccc5[nH]c4=O)nn3)cs2)C1. The molecule has 1 atom stereocenters. The van der Waals surface area contributed by atoms with Crippen molar-refractivity contribution in [2.45, 2.75) is 12.5 Å². The Labute approximate surface area is 179 Å². The number of aromatic amines is 1. The molecule has 3 aromatic heterocycles. The zero-order chi connectivity index (χ0) is 21.5. The molecular weight excluding hydrogens is 421 g/mol. The Hall–Kier alpha value is -3.37. The van der Waals surface area contributed by atoms with E-state index in [2.05, 4.69) is 15.3 Å². The molecule has 4 heterocycles. The molecule has 1 aliphatic heterocycles. The number of likely N-dealkylation sites (tertiary alicyclic amines) is 1. The summed E-state index contributed by atoms with van der Waals surface area (Å²) in [6.07, 6.45) is 2.52. The van der Waals surface area contributed by atoms with E-state index in [9.17, 15) is 14.0 Å². The molecule has 1 unspecified atom stereocenters. The van der Waals surface area contributed by atoms with Gasteiger partial charge in [0.05, 0.1) is 28.4 Å². The Morgan fingerprint density at radius 3 is 3.00 bits per heavy atom. The van der Waals surface area contributed by atoms with Gasteiger partial charge >= 0.3 is 0 Å². The van der Waals surface area contributed by atoms with E-state index in [4.69, 9.17) is 4.74 Å². The zero-order valence-corrected chi connectivity index (χ0v) is 17.4. The van der Waals surface area contributed by atoms with Gasteiger partial charge in [0.25, 0.3) is 11.5 Å². The molecule has 1 saturated heterocycles. The van der Waals surface area contributed by atoms with Crippen LogP contribution >= 0.6 is 11.3 Å². The Bertz CT molecular complexity index is 1340. The average molecular weight is 439 g/mol. The number of carbonyl (C=O) groups is 1. The van der Waals surface area contributed by atoms with Crippen molar-refractivity contribution >= 4 is 28.1 Å². The zero-order valence-electron chi connectivity index (χ0n) is 16.5. The van der Waals surface area contributed by atoms with Gasteiger partial charge in [-0.25, -0.2) is 9.07 Å². The predicted molar refractivity (Wildman–Crippen MR) is 114 cm³/mol. The number of nitrogens with zero attached hydrogens (tertiary/aromatic N) is 4. The fourth-order valence-corrected chi connectivity index (χ4v) is 4.54. The van der Waals surface area contributed by atoms with E-state index >= 15 is 0 Å². The van der Waals surface area contributed by atoms with Crippen LogP contribution in [0.3, 0.4) is 0 Å². The summed E-state index contributed by atoms with van der Waals surface area (Å²) >= 11 is 1.33. The molecule has 10 heteroatoms. The molecule has 5 rings (SSSR count). The maximum Gasteiger partial charge on any atom is 0.264 e. The molecule has 0 saturated carbocycles. The fourth-order valence-electron chi connectivity index (χ4n) is 3.70. The van der Waals surface area contributed by atoms with Crippen molar-refractivity contribution in [3.8, 4) is 16.9 Å². The third-order valence-corrected chi connectivity index (χ3v) is 6.31. The summed E-state index contributed by atoms with van der Waals surface area (Å²) in [6, 6.07) is 7.51. The first kappa shape index (κ1) is 19.6. The number of H-pyrrole nitrogens is 1. The number of hydrogen-bond acceptors (Lipinski definition) is 6. The predicted octanol–water partition coefficient (Wildman–Crippen LogP) is 2.84. The molecule has 1 aromatic carbocycles. The van der Waals surface area contributed by atoms with Crippen LogP contribution in [0, 0.1) is 5.82 Å². The van der Waals surface area contributed by atoms with Gasteiger partial charge in [-0.2, -0.15) is 0 Å². The van der Waals surface area contributed by atoms with E-state index in [1.54, 1.807) is 30.3 Å². The van der Waals surface area contributed by atoms with Crippen LogP contribution in [0.1, 0.15) is 16.1 Å². The van der Waals surface area contributed by atoms with E-state index in [1.165, 1.54) is 34.2 Å². The van der Waals surface area contributed by atoms with E-state index < -0.39 is 0 Å². The lowest BCUT2D eigenvalue weighted by Gasteiger charge is -2.14. The Morgan fingerprint density at radius 1 is 1.32 bits per heavy atom. The first-order valence-corrected chi connectivity index (χ1v) is 10.6. The standard InChI is InChI=1S/C21H18FN5O3S/c1-30-15-4-5-26(9-15)21(29)19-8-14(11-31-19)27-10-18(24-25-27)16-7-12-6-13(22)2-3-17(12)23-20(16)28/h2-3,6-8,10-11,15H,4-5,9H2,1H3,(H,23,28). The summed E-state index contributed by atoms with van der Waals surface area (Å²) in [5.41, 5.74) is 1.53. The molecule has 4 aromatic rings. The van der Waals surface area contributed by atoms with Crippen molar-refractivity contribution in [1.82, 2.24) is 24.9 Å². The van der Waals surface area contributed by atoms with Gasteiger partial charge in [0, 0.05) is 36.5 Å². The van der Waals surface area contributed by atoms with Gasteiger partial charge in [-0.3, -0.25) is 9.59 Å². The molecule has 8 nitrogen and oxygen atoms in total. The second-order valence-corrected chi connectivity index (χ2v) is 8.27. The molecule has 0 aliphatic carbocycles. The molecule has 0 radical (unpaired) electrons. The number of thiophene rings is 1. The largest absolute Gasteiger partial charge is 0.380 e. The second-order valence-electron chi connectivity index (χ2n) is 7.36. The van der Waals surface area contributed by atoms with Gasteiger partial charge in [0.2, 0.25) is 0 Å². The molecule has 1 fully saturated rings. The lowest BCUT2D eigenvalue weighted by Crippen LogP contribution is -2.29. The molecule has 1 N–H and O–H groups in total. The summed E-state index contributed by atoms with van der Waals surface area (Å²) in [5.74, 6) is -0.427. The minimum Gasteiger partial charge on any atom is -0.380 e. The molecule has 1 aliphatic rings. The highest BCUT2D eigenvalue weighted by atomic mass is 32.1. The third-order valence-electron chi connectivity index (χ3n) is 5.40. The first-order valence-electron chi connectivity index (χ1n) is 9.68. The molecular formula is C21H18FN5O3S. The smallest absolute Gasteiger partial charge is 0.264 e. The second kappa shape index (κ2) is 7.71. The minimum absolute atomic E-state index is 0.0378. The summed E-state index contributed by atoms with van der Waals surface area (Å²) < 4.78 is 20.4. The number of carbonyl (C=O) groups excluding carboxylic acids is 1. The fraction of sp³-hybridized carbons (Fsp3) is 0.238. The third kappa shape index (κ3) is 3.64. The normalized spacial score (nSPS) is 16.3. The number of benzene rings is 1. The Morgan fingerprint density at radius 2 is 2.19 bits per heavy atom. The molecule has 31 heavy (non-hydrogen) atoms. The van der Waals surface area contributed by atoms with Crippen LogP contribution in [-0.2, 0) is 4.74 Å². The molecule has 158 valence electrons. The first-order chi connectivity index (χ1) is 15.0. The highest BCUT2D eigenvalue weighted by Crippen LogP contribution is 2.24. The number of methoxy groups -OCH3 is 1. The number of pyridine rings is 1. The highest BCUT2D eigenvalue weighted by Gasteiger charge is 2.27. The lowest BCUT2D eigenvalue weighted by molar-refractivity contribution is 0.0728. The van der Waals surface area contributed by atoms with Crippen LogP contribution in [0.15, 0.2) is 46.7 Å². The van der Waals surface area contributed by atoms with Gasteiger partial charge in [-0.1, -0.05) is 5.21 Å². The van der Waals surface area contributed by atoms with E-state index in [0.717, 1.165) is 6.42 Å². The lowest BCUT2D eigenvalue weighted by atomic mass is 10.1. The van der Waals surface area contributed by atoms with Gasteiger partial charge in [0.15, 0.2) is 0 Å². The van der Waals surface area contributed by atoms with Crippen molar-refractivity contribution in [2.24, 2.45) is 0 Å². The summed E-state index contributed by atoms with van der Waals surface area (Å²) in [5, 5.41) is 10.6. The molecule has 1 amide bonds. The van der Waals surface area contributed by atoms with Crippen molar-refractivity contribution in [3.05, 3.63) is 63.0 Å². The number of halogens is 1. The average Bonchev–Trinajstić information content (AvgIpc) is 3.53. The van der Waals surface area contributed by atoms with Gasteiger partial charge in [-0.05, 0) is 36.8 Å². The number of fused-ring (bicyclic) bond motifs is 1. The highest BCUT2D eigenvalue weighted by molar-refractivity contribution is 7.12. The van der Waals surface area contributed by atoms with E-state index in [1.807, 2.05) is 5.38 Å². The van der Waals surface area contributed by atoms with Crippen LogP contribution in [-0.4, -0.2) is 57.1 Å². The van der Waals surface area contributed by atoms with E-state index in [-0.39, 0.29) is 23.4 Å². The topological polar surface area (TPSA) is 93.1 Å². The number of ether oxygens (including phenoxy) is 1. The monoisotopic (exact) mass is 439 g/mol. The van der Waals surface area contributed by atoms with Crippen molar-refractivity contribution < 1.29 is 13.9 Å². The number of hydrogen-bond donors (Lipinski definition) is 1. The number of rotatable bonds is 4. The maximum absolute atomic E-state index is 13.6. The molecule has 0 bridgehead atoms. The van der Waals surface area contributed by atoms with Crippen LogP contribution in [0.25, 0.3) is 27.8 Å². The number of amides is 1. The van der Waals surface area contributed by atoms with Gasteiger partial charge in [0.1, 0.15) is 11.5 Å². The summed E-state index contributed by atoms with van der Waals surface area (Å²) in [6.45, 7) is 1.25. The minimum atomic E-state index is -0.389. The summed E-state index contributed by atoms with van der Waals surface area (Å²) in [7, 11) is 1.65. The maximum atomic E-state index is 13.6. The van der Waals surface area contributed by atoms with Crippen LogP contribution in [0.5, 0.6) is 0 Å². The Balaban J connectivity index is 1.42. The van der Waals surface area contributed by atoms with Crippen LogP contribution in [0.4, 0.5) is 4.39 Å². The van der Waals surface area contributed by atoms with Crippen molar-refractivity contribution in [3.63, 3.8) is 0 Å². The van der Waals surface area contributed by atoms with Crippen molar-refractivity contribution in [1.29, 1.82) is 0 Å². The van der Waals surface area contributed by atoms with Gasteiger partial charge < -0.3 is 14.6 Å². The van der Waals surface area contributed by atoms with Gasteiger partial charge in [-0.15, -0.1) is 16.4 Å². The number of nitrogens with one attached hydrogen (secondary N) is 1. The van der Waals surface area contributed by atoms with Crippen molar-refractivity contribution in [2.75, 3.05) is 20.2 Å². The van der Waals surface area contributed by atoms with Crippen LogP contribution in [0.2, 0.25) is 0 Å². The Kier molecular flexibility index (Phi) is 4.87. The quantitative estimate of drug-likeness (QED) is 0.528.